The molecule has 1 aliphatic rings. The molecule has 1 N–H and O–H groups in total. The van der Waals surface area contributed by atoms with Crippen LogP contribution in [0.25, 0.3) is 0 Å². The molecule has 5 heteroatoms. The molecular formula is C15H20BrNO3. The second-order valence-corrected chi connectivity index (χ2v) is 6.09. The minimum absolute atomic E-state index is 0.0128. The second kappa shape index (κ2) is 6.59. The van der Waals surface area contributed by atoms with E-state index in [4.69, 9.17) is 4.74 Å². The zero-order valence-corrected chi connectivity index (χ0v) is 13.4. The number of carbonyl (C=O) groups is 1. The van der Waals surface area contributed by atoms with Gasteiger partial charge in [0.25, 0.3) is 5.91 Å². The van der Waals surface area contributed by atoms with Crippen LogP contribution < -0.4 is 4.74 Å². The maximum absolute atomic E-state index is 12.6. The highest BCUT2D eigenvalue weighted by Gasteiger charge is 2.28. The first kappa shape index (κ1) is 15.3. The van der Waals surface area contributed by atoms with Gasteiger partial charge in [-0.05, 0) is 53.9 Å². The van der Waals surface area contributed by atoms with E-state index in [1.165, 1.54) is 0 Å². The van der Waals surface area contributed by atoms with Crippen molar-refractivity contribution >= 4 is 21.8 Å². The molecule has 1 saturated heterocycles. The highest BCUT2D eigenvalue weighted by molar-refractivity contribution is 9.10. The van der Waals surface area contributed by atoms with Crippen LogP contribution in [0.3, 0.4) is 0 Å². The van der Waals surface area contributed by atoms with Crippen LogP contribution in [0.2, 0.25) is 0 Å². The standard InChI is InChI=1S/C15H20BrNO3/c1-10(18)11-4-3-7-17(9-11)15(19)13-8-12(20-2)5-6-14(13)16/h5-6,8,10-11,18H,3-4,7,9H2,1-2H3. The number of piperidine rings is 1. The van der Waals surface area contributed by atoms with Gasteiger partial charge in [0, 0.05) is 23.5 Å². The molecule has 1 aromatic carbocycles. The monoisotopic (exact) mass is 341 g/mol. The summed E-state index contributed by atoms with van der Waals surface area (Å²) < 4.78 is 5.94. The minimum Gasteiger partial charge on any atom is -0.497 e. The highest BCUT2D eigenvalue weighted by Crippen LogP contribution is 2.26. The quantitative estimate of drug-likeness (QED) is 0.919. The lowest BCUT2D eigenvalue weighted by molar-refractivity contribution is 0.0465. The first-order valence-electron chi connectivity index (χ1n) is 6.83. The van der Waals surface area contributed by atoms with Gasteiger partial charge in [-0.3, -0.25) is 4.79 Å². The molecular weight excluding hydrogens is 322 g/mol. The van der Waals surface area contributed by atoms with Gasteiger partial charge in [0.15, 0.2) is 0 Å². The first-order valence-corrected chi connectivity index (χ1v) is 7.63. The molecule has 1 heterocycles. The molecule has 0 bridgehead atoms. The average Bonchev–Trinajstić information content (AvgIpc) is 2.47. The zero-order chi connectivity index (χ0) is 14.7. The Morgan fingerprint density at radius 1 is 1.55 bits per heavy atom. The Hall–Kier alpha value is -1.07. The normalized spacial score (nSPS) is 20.6. The number of hydrogen-bond donors (Lipinski definition) is 1. The third kappa shape index (κ3) is 3.33. The third-order valence-corrected chi connectivity index (χ3v) is 4.52. The van der Waals surface area contributed by atoms with Crippen LogP contribution >= 0.6 is 15.9 Å². The lowest BCUT2D eigenvalue weighted by atomic mass is 9.93. The topological polar surface area (TPSA) is 49.8 Å². The summed E-state index contributed by atoms with van der Waals surface area (Å²) in [4.78, 5) is 14.4. The van der Waals surface area contributed by atoms with E-state index in [1.54, 1.807) is 20.1 Å². The van der Waals surface area contributed by atoms with Crippen molar-refractivity contribution in [1.29, 1.82) is 0 Å². The fraction of sp³-hybridized carbons (Fsp3) is 0.533. The molecule has 1 aliphatic heterocycles. The summed E-state index contributed by atoms with van der Waals surface area (Å²) in [6.45, 7) is 3.14. The van der Waals surface area contributed by atoms with E-state index in [9.17, 15) is 9.90 Å². The summed E-state index contributed by atoms with van der Waals surface area (Å²) in [6, 6.07) is 5.39. The summed E-state index contributed by atoms with van der Waals surface area (Å²) in [5.74, 6) is 0.818. The maximum Gasteiger partial charge on any atom is 0.255 e. The number of likely N-dealkylation sites (tertiary alicyclic amines) is 1. The Bertz CT molecular complexity index is 490. The summed E-state index contributed by atoms with van der Waals surface area (Å²) >= 11 is 3.42. The molecule has 1 amide bonds. The SMILES string of the molecule is COc1ccc(Br)c(C(=O)N2CCCC(C(C)O)C2)c1. The van der Waals surface area contributed by atoms with Crippen LogP contribution in [0.15, 0.2) is 22.7 Å². The van der Waals surface area contributed by atoms with Gasteiger partial charge in [0.1, 0.15) is 5.75 Å². The van der Waals surface area contributed by atoms with Crippen LogP contribution in [0, 0.1) is 5.92 Å². The number of halogens is 1. The summed E-state index contributed by atoms with van der Waals surface area (Å²) in [5, 5.41) is 9.72. The Balaban J connectivity index is 2.18. The fourth-order valence-corrected chi connectivity index (χ4v) is 2.97. The summed E-state index contributed by atoms with van der Waals surface area (Å²) in [6.07, 6.45) is 1.53. The predicted molar refractivity (Wildman–Crippen MR) is 81.0 cm³/mol. The lowest BCUT2D eigenvalue weighted by Crippen LogP contribution is -2.43. The molecule has 1 fully saturated rings. The van der Waals surface area contributed by atoms with Gasteiger partial charge in [-0.15, -0.1) is 0 Å². The molecule has 0 saturated carbocycles. The molecule has 20 heavy (non-hydrogen) atoms. The number of carbonyl (C=O) groups excluding carboxylic acids is 1. The molecule has 110 valence electrons. The number of hydrogen-bond acceptors (Lipinski definition) is 3. The van der Waals surface area contributed by atoms with Crippen molar-refractivity contribution in [3.63, 3.8) is 0 Å². The molecule has 0 aromatic heterocycles. The number of aliphatic hydroxyl groups excluding tert-OH is 1. The van der Waals surface area contributed by atoms with Crippen LogP contribution in [0.5, 0.6) is 5.75 Å². The second-order valence-electron chi connectivity index (χ2n) is 5.24. The van der Waals surface area contributed by atoms with E-state index in [0.29, 0.717) is 17.9 Å². The number of aliphatic hydroxyl groups is 1. The fourth-order valence-electron chi connectivity index (χ4n) is 2.55. The van der Waals surface area contributed by atoms with Crippen molar-refractivity contribution in [2.75, 3.05) is 20.2 Å². The Kier molecular flexibility index (Phi) is 5.05. The van der Waals surface area contributed by atoms with Gasteiger partial charge < -0.3 is 14.7 Å². The highest BCUT2D eigenvalue weighted by atomic mass is 79.9. The van der Waals surface area contributed by atoms with Crippen LogP contribution in [-0.4, -0.2) is 42.2 Å². The molecule has 0 aliphatic carbocycles. The van der Waals surface area contributed by atoms with Gasteiger partial charge in [0.05, 0.1) is 18.8 Å². The predicted octanol–water partition coefficient (Wildman–Crippen LogP) is 2.69. The van der Waals surface area contributed by atoms with Crippen LogP contribution in [-0.2, 0) is 0 Å². The van der Waals surface area contributed by atoms with Gasteiger partial charge in [-0.25, -0.2) is 0 Å². The van der Waals surface area contributed by atoms with Crippen LogP contribution in [0.1, 0.15) is 30.1 Å². The molecule has 0 radical (unpaired) electrons. The van der Waals surface area contributed by atoms with E-state index in [0.717, 1.165) is 23.9 Å². The number of benzene rings is 1. The molecule has 2 rings (SSSR count). The van der Waals surface area contributed by atoms with Crippen LogP contribution in [0.4, 0.5) is 0 Å². The van der Waals surface area contributed by atoms with E-state index in [2.05, 4.69) is 15.9 Å². The summed E-state index contributed by atoms with van der Waals surface area (Å²) in [5.41, 5.74) is 0.607. The van der Waals surface area contributed by atoms with E-state index >= 15 is 0 Å². The number of rotatable bonds is 3. The smallest absolute Gasteiger partial charge is 0.255 e. The molecule has 2 unspecified atom stereocenters. The van der Waals surface area contributed by atoms with Gasteiger partial charge in [0.2, 0.25) is 0 Å². The van der Waals surface area contributed by atoms with Gasteiger partial charge in [-0.1, -0.05) is 0 Å². The van der Waals surface area contributed by atoms with Crippen molar-refractivity contribution in [1.82, 2.24) is 4.90 Å². The maximum atomic E-state index is 12.6. The van der Waals surface area contributed by atoms with Crippen molar-refractivity contribution < 1.29 is 14.6 Å². The Morgan fingerprint density at radius 3 is 2.95 bits per heavy atom. The lowest BCUT2D eigenvalue weighted by Gasteiger charge is -2.34. The first-order chi connectivity index (χ1) is 9.52. The summed E-state index contributed by atoms with van der Waals surface area (Å²) in [7, 11) is 1.59. The van der Waals surface area contributed by atoms with Gasteiger partial charge in [-0.2, -0.15) is 0 Å². The number of ether oxygens (including phenoxy) is 1. The number of methoxy groups -OCH3 is 1. The zero-order valence-electron chi connectivity index (χ0n) is 11.8. The Morgan fingerprint density at radius 2 is 2.30 bits per heavy atom. The largest absolute Gasteiger partial charge is 0.497 e. The van der Waals surface area contributed by atoms with Crippen molar-refractivity contribution in [2.45, 2.75) is 25.9 Å². The van der Waals surface area contributed by atoms with Gasteiger partial charge >= 0.3 is 0 Å². The van der Waals surface area contributed by atoms with E-state index < -0.39 is 0 Å². The molecule has 4 nitrogen and oxygen atoms in total. The van der Waals surface area contributed by atoms with E-state index in [-0.39, 0.29) is 17.9 Å². The molecule has 2 atom stereocenters. The molecule has 1 aromatic rings. The van der Waals surface area contributed by atoms with E-state index in [1.807, 2.05) is 17.0 Å². The third-order valence-electron chi connectivity index (χ3n) is 3.83. The molecule has 0 spiro atoms. The number of nitrogens with zero attached hydrogens (tertiary/aromatic N) is 1. The average molecular weight is 342 g/mol. The van der Waals surface area contributed by atoms with Crippen molar-refractivity contribution in [3.05, 3.63) is 28.2 Å². The minimum atomic E-state index is -0.376. The van der Waals surface area contributed by atoms with Crippen molar-refractivity contribution in [2.24, 2.45) is 5.92 Å². The number of amides is 1. The Labute approximate surface area is 127 Å². The van der Waals surface area contributed by atoms with Crippen molar-refractivity contribution in [3.8, 4) is 5.75 Å².